The van der Waals surface area contributed by atoms with Crippen LogP contribution >= 0.6 is 0 Å². The van der Waals surface area contributed by atoms with E-state index in [-0.39, 0.29) is 24.3 Å². The van der Waals surface area contributed by atoms with Crippen molar-refractivity contribution in [2.75, 3.05) is 24.6 Å². The smallest absolute Gasteiger partial charge is 0.266 e. The van der Waals surface area contributed by atoms with Gasteiger partial charge in [-0.15, -0.1) is 0 Å². The largest absolute Gasteiger partial charge is 0.483 e. The van der Waals surface area contributed by atoms with Gasteiger partial charge in [-0.3, -0.25) is 14.4 Å². The summed E-state index contributed by atoms with van der Waals surface area (Å²) in [6.07, 6.45) is 2.08. The van der Waals surface area contributed by atoms with Gasteiger partial charge in [-0.25, -0.2) is 4.90 Å². The number of hydrogen-bond acceptors (Lipinski definition) is 4. The average Bonchev–Trinajstić information content (AvgIpc) is 3.29. The van der Waals surface area contributed by atoms with Crippen LogP contribution in [0.1, 0.15) is 44.7 Å². The number of benzene rings is 2. The summed E-state index contributed by atoms with van der Waals surface area (Å²) in [5.41, 5.74) is 2.90. The highest BCUT2D eigenvalue weighted by molar-refractivity contribution is 6.34. The van der Waals surface area contributed by atoms with Crippen molar-refractivity contribution >= 4 is 23.4 Å². The molecule has 0 aliphatic carbocycles. The van der Waals surface area contributed by atoms with Crippen LogP contribution in [0.5, 0.6) is 5.75 Å². The van der Waals surface area contributed by atoms with E-state index in [4.69, 9.17) is 4.74 Å². The molecule has 0 unspecified atom stereocenters. The van der Waals surface area contributed by atoms with E-state index in [9.17, 15) is 14.4 Å². The fourth-order valence-electron chi connectivity index (χ4n) is 3.90. The molecule has 0 atom stereocenters. The van der Waals surface area contributed by atoms with Crippen LogP contribution in [0.3, 0.4) is 0 Å². The molecule has 6 nitrogen and oxygen atoms in total. The summed E-state index contributed by atoms with van der Waals surface area (Å²) >= 11 is 0. The van der Waals surface area contributed by atoms with E-state index in [0.717, 1.165) is 37.1 Å². The van der Waals surface area contributed by atoms with E-state index < -0.39 is 0 Å². The van der Waals surface area contributed by atoms with Gasteiger partial charge in [0.2, 0.25) is 0 Å². The van der Waals surface area contributed by atoms with Crippen LogP contribution in [0.25, 0.3) is 0 Å². The third kappa shape index (κ3) is 3.05. The maximum Gasteiger partial charge on any atom is 0.266 e. The first-order valence-electron chi connectivity index (χ1n) is 9.47. The number of likely N-dealkylation sites (tertiary alicyclic amines) is 1. The summed E-state index contributed by atoms with van der Waals surface area (Å²) in [6, 6.07) is 10.3. The molecule has 0 bridgehead atoms. The second kappa shape index (κ2) is 7.11. The number of rotatable bonds is 4. The van der Waals surface area contributed by atoms with E-state index in [2.05, 4.69) is 0 Å². The summed E-state index contributed by atoms with van der Waals surface area (Å²) in [6.45, 7) is 5.28. The molecular weight excluding hydrogens is 356 g/mol. The van der Waals surface area contributed by atoms with Crippen molar-refractivity contribution in [1.29, 1.82) is 0 Å². The monoisotopic (exact) mass is 378 g/mol. The van der Waals surface area contributed by atoms with Gasteiger partial charge < -0.3 is 9.64 Å². The highest BCUT2D eigenvalue weighted by atomic mass is 16.5. The minimum atomic E-state index is -0.322. The number of carbonyl (C=O) groups excluding carboxylic acids is 3. The highest BCUT2D eigenvalue weighted by Crippen LogP contribution is 2.33. The first-order chi connectivity index (χ1) is 13.5. The summed E-state index contributed by atoms with van der Waals surface area (Å²) < 4.78 is 5.80. The lowest BCUT2D eigenvalue weighted by Gasteiger charge is -2.20. The molecule has 0 aromatic heterocycles. The number of carbonyl (C=O) groups is 3. The molecule has 28 heavy (non-hydrogen) atoms. The molecule has 2 aliphatic rings. The third-order valence-corrected chi connectivity index (χ3v) is 5.30. The SMILES string of the molecule is Cc1cc(N2C(=O)c3ccccc3C2=O)cc(C)c1OCC(=O)N1CCCC1. The molecule has 1 saturated heterocycles. The Kier molecular flexibility index (Phi) is 4.63. The summed E-state index contributed by atoms with van der Waals surface area (Å²) in [5, 5.41) is 0. The number of anilines is 1. The van der Waals surface area contributed by atoms with Gasteiger partial charge in [-0.1, -0.05) is 12.1 Å². The van der Waals surface area contributed by atoms with Gasteiger partial charge in [-0.2, -0.15) is 0 Å². The van der Waals surface area contributed by atoms with Crippen molar-refractivity contribution in [3.05, 3.63) is 58.7 Å². The van der Waals surface area contributed by atoms with Gasteiger partial charge >= 0.3 is 0 Å². The fraction of sp³-hybridized carbons (Fsp3) is 0.318. The molecule has 1 fully saturated rings. The van der Waals surface area contributed by atoms with Crippen molar-refractivity contribution in [3.8, 4) is 5.75 Å². The van der Waals surface area contributed by atoms with Crippen molar-refractivity contribution in [3.63, 3.8) is 0 Å². The zero-order valence-corrected chi connectivity index (χ0v) is 16.0. The Hall–Kier alpha value is -3.15. The van der Waals surface area contributed by atoms with E-state index in [1.54, 1.807) is 36.4 Å². The lowest BCUT2D eigenvalue weighted by atomic mass is 10.1. The van der Waals surface area contributed by atoms with Crippen LogP contribution in [0.15, 0.2) is 36.4 Å². The molecule has 0 spiro atoms. The van der Waals surface area contributed by atoms with Gasteiger partial charge in [-0.05, 0) is 62.1 Å². The molecule has 2 aromatic carbocycles. The minimum absolute atomic E-state index is 0.00591. The second-order valence-electron chi connectivity index (χ2n) is 7.28. The first-order valence-corrected chi connectivity index (χ1v) is 9.47. The third-order valence-electron chi connectivity index (χ3n) is 5.30. The van der Waals surface area contributed by atoms with Crippen molar-refractivity contribution in [2.24, 2.45) is 0 Å². The molecule has 4 rings (SSSR count). The van der Waals surface area contributed by atoms with Crippen LogP contribution in [-0.2, 0) is 4.79 Å². The van der Waals surface area contributed by atoms with Crippen LogP contribution in [0.2, 0.25) is 0 Å². The fourth-order valence-corrected chi connectivity index (χ4v) is 3.90. The lowest BCUT2D eigenvalue weighted by molar-refractivity contribution is -0.132. The highest BCUT2D eigenvalue weighted by Gasteiger charge is 2.36. The summed E-state index contributed by atoms with van der Waals surface area (Å²) in [5.74, 6) is -0.0387. The molecule has 3 amide bonds. The number of fused-ring (bicyclic) bond motifs is 1. The summed E-state index contributed by atoms with van der Waals surface area (Å²) in [4.78, 5) is 40.6. The predicted octanol–water partition coefficient (Wildman–Crippen LogP) is 3.11. The second-order valence-corrected chi connectivity index (χ2v) is 7.28. The molecule has 0 saturated carbocycles. The minimum Gasteiger partial charge on any atom is -0.483 e. The zero-order chi connectivity index (χ0) is 19.8. The van der Waals surface area contributed by atoms with Crippen LogP contribution < -0.4 is 9.64 Å². The van der Waals surface area contributed by atoms with Crippen molar-refractivity contribution in [2.45, 2.75) is 26.7 Å². The van der Waals surface area contributed by atoms with Crippen LogP contribution in [-0.4, -0.2) is 42.3 Å². The number of hydrogen-bond donors (Lipinski definition) is 0. The molecular formula is C22H22N2O4. The molecule has 2 aliphatic heterocycles. The Balaban J connectivity index is 1.56. The van der Waals surface area contributed by atoms with E-state index >= 15 is 0 Å². The molecule has 0 radical (unpaired) electrons. The first kappa shape index (κ1) is 18.2. The van der Waals surface area contributed by atoms with Gasteiger partial charge in [0.25, 0.3) is 17.7 Å². The van der Waals surface area contributed by atoms with E-state index in [1.165, 1.54) is 4.90 Å². The Labute approximate surface area is 163 Å². The number of aryl methyl sites for hydroxylation is 2. The number of amides is 3. The number of ether oxygens (including phenoxy) is 1. The van der Waals surface area contributed by atoms with E-state index in [1.807, 2.05) is 18.7 Å². The van der Waals surface area contributed by atoms with Gasteiger partial charge in [0.05, 0.1) is 16.8 Å². The maximum atomic E-state index is 12.7. The van der Waals surface area contributed by atoms with Crippen molar-refractivity contribution in [1.82, 2.24) is 4.90 Å². The van der Waals surface area contributed by atoms with Gasteiger partial charge in [0, 0.05) is 13.1 Å². The molecule has 144 valence electrons. The van der Waals surface area contributed by atoms with Gasteiger partial charge in [0.1, 0.15) is 5.75 Å². The average molecular weight is 378 g/mol. The standard InChI is InChI=1S/C22H22N2O4/c1-14-11-16(24-21(26)17-7-3-4-8-18(17)22(24)27)12-15(2)20(14)28-13-19(25)23-9-5-6-10-23/h3-4,7-8,11-12H,5-6,9-10,13H2,1-2H3. The van der Waals surface area contributed by atoms with Crippen LogP contribution in [0, 0.1) is 13.8 Å². The summed E-state index contributed by atoms with van der Waals surface area (Å²) in [7, 11) is 0. The quantitative estimate of drug-likeness (QED) is 0.767. The molecule has 2 aromatic rings. The maximum absolute atomic E-state index is 12.7. The van der Waals surface area contributed by atoms with Gasteiger partial charge in [0.15, 0.2) is 6.61 Å². The Bertz CT molecular complexity index is 918. The Morgan fingerprint density at radius 2 is 1.50 bits per heavy atom. The topological polar surface area (TPSA) is 66.9 Å². The molecule has 2 heterocycles. The zero-order valence-electron chi connectivity index (χ0n) is 16.0. The number of imide groups is 1. The molecule has 6 heteroatoms. The molecule has 0 N–H and O–H groups in total. The Morgan fingerprint density at radius 1 is 0.964 bits per heavy atom. The van der Waals surface area contributed by atoms with E-state index in [0.29, 0.717) is 22.6 Å². The number of nitrogens with zero attached hydrogens (tertiary/aromatic N) is 2. The lowest BCUT2D eigenvalue weighted by Crippen LogP contribution is -2.32. The van der Waals surface area contributed by atoms with Crippen molar-refractivity contribution < 1.29 is 19.1 Å². The normalized spacial score (nSPS) is 15.9. The Morgan fingerprint density at radius 3 is 2.04 bits per heavy atom. The van der Waals surface area contributed by atoms with Crippen LogP contribution in [0.4, 0.5) is 5.69 Å². The predicted molar refractivity (Wildman–Crippen MR) is 105 cm³/mol.